The number of methoxy groups -OCH3 is 1. The highest BCUT2D eigenvalue weighted by Crippen LogP contribution is 2.15. The summed E-state index contributed by atoms with van der Waals surface area (Å²) >= 11 is 0. The smallest absolute Gasteiger partial charge is 0.421 e. The van der Waals surface area contributed by atoms with E-state index >= 15 is 0 Å². The van der Waals surface area contributed by atoms with Crippen LogP contribution in [0, 0.1) is 0 Å². The molecule has 0 aliphatic carbocycles. The van der Waals surface area contributed by atoms with Gasteiger partial charge in [0, 0.05) is 6.20 Å². The Labute approximate surface area is 135 Å². The fourth-order valence-corrected chi connectivity index (χ4v) is 2.43. The van der Waals surface area contributed by atoms with Crippen LogP contribution < -0.4 is 10.5 Å². The lowest BCUT2D eigenvalue weighted by Crippen LogP contribution is -2.15. The van der Waals surface area contributed by atoms with Gasteiger partial charge in [-0.15, -0.1) is 5.10 Å². The fraction of sp³-hybridized carbons (Fsp3) is 0.125. The first-order valence-electron chi connectivity index (χ1n) is 7.24. The second-order valence-electron chi connectivity index (χ2n) is 5.13. The number of oxazole rings is 1. The number of aromatic nitrogens is 5. The molecule has 0 radical (unpaired) electrons. The van der Waals surface area contributed by atoms with Gasteiger partial charge in [-0.25, -0.2) is 14.5 Å². The Hall–Kier alpha value is -3.42. The number of benzene rings is 1. The molecule has 24 heavy (non-hydrogen) atoms. The Morgan fingerprint density at radius 3 is 2.83 bits per heavy atom. The predicted molar refractivity (Wildman–Crippen MR) is 85.3 cm³/mol. The lowest BCUT2D eigenvalue weighted by atomic mass is 10.3. The van der Waals surface area contributed by atoms with Crippen molar-refractivity contribution in [3.63, 3.8) is 0 Å². The van der Waals surface area contributed by atoms with Crippen molar-refractivity contribution in [1.29, 1.82) is 0 Å². The van der Waals surface area contributed by atoms with Gasteiger partial charge in [-0.2, -0.15) is 0 Å². The topological polar surface area (TPSA) is 88.0 Å². The summed E-state index contributed by atoms with van der Waals surface area (Å²) in [6, 6.07) is 10.9. The van der Waals surface area contributed by atoms with E-state index < -0.39 is 5.76 Å². The summed E-state index contributed by atoms with van der Waals surface area (Å²) in [5.74, 6) is 0.296. The first-order valence-corrected chi connectivity index (χ1v) is 7.24. The molecule has 3 aromatic heterocycles. The molecule has 0 atom stereocenters. The number of rotatable bonds is 4. The number of pyridine rings is 1. The Balaban J connectivity index is 1.65. The van der Waals surface area contributed by atoms with Crippen molar-refractivity contribution < 1.29 is 9.15 Å². The molecule has 0 N–H and O–H groups in total. The first kappa shape index (κ1) is 14.2. The zero-order valence-corrected chi connectivity index (χ0v) is 12.8. The zero-order valence-electron chi connectivity index (χ0n) is 12.8. The Bertz CT molecular complexity index is 1050. The minimum atomic E-state index is -0.470. The fourth-order valence-electron chi connectivity index (χ4n) is 2.43. The second kappa shape index (κ2) is 5.65. The maximum Gasteiger partial charge on any atom is 0.421 e. The van der Waals surface area contributed by atoms with Crippen LogP contribution in [0.4, 0.5) is 0 Å². The third-order valence-electron chi connectivity index (χ3n) is 3.62. The Kier molecular flexibility index (Phi) is 3.34. The van der Waals surface area contributed by atoms with E-state index in [4.69, 9.17) is 9.15 Å². The summed E-state index contributed by atoms with van der Waals surface area (Å²) < 4.78 is 13.4. The van der Waals surface area contributed by atoms with Crippen LogP contribution in [0.1, 0.15) is 5.69 Å². The van der Waals surface area contributed by atoms with E-state index in [1.165, 1.54) is 4.57 Å². The van der Waals surface area contributed by atoms with Gasteiger partial charge < -0.3 is 9.15 Å². The van der Waals surface area contributed by atoms with E-state index in [2.05, 4.69) is 15.3 Å². The van der Waals surface area contributed by atoms with Crippen LogP contribution in [0.3, 0.4) is 0 Å². The maximum absolute atomic E-state index is 12.0. The minimum Gasteiger partial charge on any atom is -0.497 e. The summed E-state index contributed by atoms with van der Waals surface area (Å²) in [7, 11) is 1.61. The summed E-state index contributed by atoms with van der Waals surface area (Å²) in [5, 5.41) is 8.20. The average molecular weight is 323 g/mol. The van der Waals surface area contributed by atoms with Crippen LogP contribution in [-0.4, -0.2) is 31.7 Å². The van der Waals surface area contributed by atoms with Crippen LogP contribution >= 0.6 is 0 Å². The summed E-state index contributed by atoms with van der Waals surface area (Å²) in [6.07, 6.45) is 3.37. The number of ether oxygens (including phenoxy) is 1. The molecule has 4 rings (SSSR count). The quantitative estimate of drug-likeness (QED) is 0.567. The highest BCUT2D eigenvalue weighted by molar-refractivity contribution is 5.67. The third kappa shape index (κ3) is 2.43. The number of nitrogens with zero attached hydrogens (tertiary/aromatic N) is 5. The van der Waals surface area contributed by atoms with Crippen LogP contribution in [0.25, 0.3) is 16.9 Å². The van der Waals surface area contributed by atoms with Crippen molar-refractivity contribution >= 4 is 11.2 Å². The predicted octanol–water partition coefficient (Wildman–Crippen LogP) is 1.63. The van der Waals surface area contributed by atoms with Crippen LogP contribution in [0.15, 0.2) is 58.0 Å². The molecule has 8 heteroatoms. The molecule has 0 spiro atoms. The molecule has 0 bridgehead atoms. The Morgan fingerprint density at radius 1 is 1.21 bits per heavy atom. The van der Waals surface area contributed by atoms with E-state index in [-0.39, 0.29) is 6.54 Å². The van der Waals surface area contributed by atoms with E-state index in [9.17, 15) is 4.79 Å². The monoisotopic (exact) mass is 323 g/mol. The van der Waals surface area contributed by atoms with Gasteiger partial charge in [-0.05, 0) is 36.4 Å². The summed E-state index contributed by atoms with van der Waals surface area (Å²) in [4.78, 5) is 16.2. The van der Waals surface area contributed by atoms with Gasteiger partial charge in [0.05, 0.1) is 25.5 Å². The summed E-state index contributed by atoms with van der Waals surface area (Å²) in [6.45, 7) is 0.235. The molecular formula is C16H13N5O3. The van der Waals surface area contributed by atoms with E-state index in [0.29, 0.717) is 16.9 Å². The molecule has 0 aliphatic rings. The molecule has 120 valence electrons. The molecule has 3 heterocycles. The molecule has 0 amide bonds. The Morgan fingerprint density at radius 2 is 2.04 bits per heavy atom. The molecule has 8 nitrogen and oxygen atoms in total. The molecule has 0 fully saturated rings. The van der Waals surface area contributed by atoms with Gasteiger partial charge >= 0.3 is 5.76 Å². The first-order chi connectivity index (χ1) is 11.7. The van der Waals surface area contributed by atoms with Crippen molar-refractivity contribution in [2.45, 2.75) is 6.54 Å². The maximum atomic E-state index is 12.0. The largest absolute Gasteiger partial charge is 0.497 e. The van der Waals surface area contributed by atoms with Crippen LogP contribution in [0.5, 0.6) is 5.75 Å². The number of hydrogen-bond acceptors (Lipinski definition) is 6. The SMILES string of the molecule is COc1ccc(-n2cc(Cn3c(=O)oc4cccnc43)nn2)cc1. The van der Waals surface area contributed by atoms with Gasteiger partial charge in [-0.3, -0.25) is 4.57 Å². The number of fused-ring (bicyclic) bond motifs is 1. The summed E-state index contributed by atoms with van der Waals surface area (Å²) in [5.41, 5.74) is 2.41. The van der Waals surface area contributed by atoms with Crippen LogP contribution in [-0.2, 0) is 6.54 Å². The molecule has 0 aliphatic heterocycles. The van der Waals surface area contributed by atoms with Gasteiger partial charge in [0.1, 0.15) is 11.4 Å². The lowest BCUT2D eigenvalue weighted by molar-refractivity contribution is 0.414. The zero-order chi connectivity index (χ0) is 16.5. The molecule has 1 aromatic carbocycles. The van der Waals surface area contributed by atoms with Crippen molar-refractivity contribution in [2.24, 2.45) is 0 Å². The van der Waals surface area contributed by atoms with Gasteiger partial charge in [0.25, 0.3) is 0 Å². The third-order valence-corrected chi connectivity index (χ3v) is 3.62. The van der Waals surface area contributed by atoms with Crippen molar-refractivity contribution in [3.05, 3.63) is 65.0 Å². The van der Waals surface area contributed by atoms with Gasteiger partial charge in [0.2, 0.25) is 0 Å². The normalized spacial score (nSPS) is 11.0. The lowest BCUT2D eigenvalue weighted by Gasteiger charge is -2.02. The molecule has 0 unspecified atom stereocenters. The minimum absolute atomic E-state index is 0.235. The highest BCUT2D eigenvalue weighted by Gasteiger charge is 2.12. The van der Waals surface area contributed by atoms with E-state index in [0.717, 1.165) is 11.4 Å². The number of hydrogen-bond donors (Lipinski definition) is 0. The average Bonchev–Trinajstić information content (AvgIpc) is 3.21. The second-order valence-corrected chi connectivity index (χ2v) is 5.13. The molecule has 4 aromatic rings. The van der Waals surface area contributed by atoms with E-state index in [1.807, 2.05) is 24.3 Å². The molecular weight excluding hydrogens is 310 g/mol. The van der Waals surface area contributed by atoms with Crippen molar-refractivity contribution in [2.75, 3.05) is 7.11 Å². The van der Waals surface area contributed by atoms with Crippen molar-refractivity contribution in [1.82, 2.24) is 24.5 Å². The highest BCUT2D eigenvalue weighted by atomic mass is 16.5. The molecule has 0 saturated heterocycles. The molecule has 0 saturated carbocycles. The van der Waals surface area contributed by atoms with Gasteiger partial charge in [-0.1, -0.05) is 5.21 Å². The van der Waals surface area contributed by atoms with Gasteiger partial charge in [0.15, 0.2) is 11.2 Å². The van der Waals surface area contributed by atoms with E-state index in [1.54, 1.807) is 36.3 Å². The van der Waals surface area contributed by atoms with Crippen molar-refractivity contribution in [3.8, 4) is 11.4 Å². The van der Waals surface area contributed by atoms with Crippen LogP contribution in [0.2, 0.25) is 0 Å². The standard InChI is InChI=1S/C16H13N5O3/c1-23-13-6-4-12(5-7-13)21-10-11(18-19-21)9-20-15-14(24-16(20)22)3-2-8-17-15/h2-8,10H,9H2,1H3.